The first kappa shape index (κ1) is 35.5. The van der Waals surface area contributed by atoms with Crippen LogP contribution in [0.1, 0.15) is 62.6 Å². The van der Waals surface area contributed by atoms with Gasteiger partial charge in [-0.05, 0) is 158 Å². The maximum atomic E-state index is 2.62. The van der Waals surface area contributed by atoms with Crippen molar-refractivity contribution in [3.8, 4) is 44.5 Å². The Balaban J connectivity index is 0.951. The van der Waals surface area contributed by atoms with Crippen LogP contribution in [0.2, 0.25) is 0 Å². The lowest BCUT2D eigenvalue weighted by molar-refractivity contribution is 0.130. The number of fused-ring (bicyclic) bond motifs is 4. The average molecular weight is 772 g/mol. The molecule has 290 valence electrons. The minimum absolute atomic E-state index is 0.102. The van der Waals surface area contributed by atoms with Gasteiger partial charge in [-0.2, -0.15) is 0 Å². The first-order chi connectivity index (χ1) is 29.4. The van der Waals surface area contributed by atoms with Crippen molar-refractivity contribution in [2.24, 2.45) is 11.8 Å². The molecule has 0 aromatic heterocycles. The molecule has 0 aliphatic heterocycles. The van der Waals surface area contributed by atoms with Crippen molar-refractivity contribution < 1.29 is 0 Å². The zero-order chi connectivity index (χ0) is 40.0. The van der Waals surface area contributed by atoms with Gasteiger partial charge in [0.05, 0.1) is 0 Å². The standard InChI is InChI=1S/C59H49N/c1-58(2)55-20-7-6-17-53(55)54-30-29-50(35-56(54)58)60(49-16-8-15-46(34-49)52-19-10-14-45-13-9-18-51(57(45)52)44-11-4-3-5-12-44)48-27-23-43(24-28-48)42-21-25-47(26-22-42)59-36-39-31-40(37-59)33-41(32-39)38-59/h3-31,34-35,39,41H,32-33,36-38H2,1-2H3. The Bertz CT molecular complexity index is 2980. The number of anilines is 3. The molecule has 0 heterocycles. The fourth-order valence-corrected chi connectivity index (χ4v) is 12.2. The average Bonchev–Trinajstić information content (AvgIpc) is 3.51. The van der Waals surface area contributed by atoms with Crippen LogP contribution in [0.4, 0.5) is 17.1 Å². The highest BCUT2D eigenvalue weighted by atomic mass is 15.1. The predicted octanol–water partition coefficient (Wildman–Crippen LogP) is 16.0. The fraction of sp³-hybridized carbons (Fsp3) is 0.186. The van der Waals surface area contributed by atoms with Crippen molar-refractivity contribution >= 4 is 27.8 Å². The Hall–Kier alpha value is -6.44. The second-order valence-corrected chi connectivity index (χ2v) is 18.7. The second kappa shape index (κ2) is 13.5. The first-order valence-corrected chi connectivity index (χ1v) is 22.0. The van der Waals surface area contributed by atoms with Crippen molar-refractivity contribution in [2.75, 3.05) is 4.90 Å². The highest BCUT2D eigenvalue weighted by Gasteiger charge is 2.48. The smallest absolute Gasteiger partial charge is 0.0467 e. The minimum Gasteiger partial charge on any atom is -0.310 e. The minimum atomic E-state index is -0.102. The third-order valence-electron chi connectivity index (χ3n) is 14.7. The first-order valence-electron chi connectivity index (χ1n) is 22.0. The topological polar surface area (TPSA) is 3.24 Å². The van der Waals surface area contributed by atoms with Crippen LogP contribution in [-0.4, -0.2) is 0 Å². The molecule has 1 nitrogen and oxygen atoms in total. The lowest BCUT2D eigenvalue weighted by Gasteiger charge is -2.53. The van der Waals surface area contributed by atoms with E-state index in [2.05, 4.69) is 207 Å². The monoisotopic (exact) mass is 771 g/mol. The summed E-state index contributed by atoms with van der Waals surface area (Å²) in [6, 6.07) is 68.3. The van der Waals surface area contributed by atoms with E-state index in [1.807, 2.05) is 0 Å². The molecule has 13 rings (SSSR count). The highest BCUT2D eigenvalue weighted by molar-refractivity contribution is 6.06. The molecule has 5 aliphatic rings. The Morgan fingerprint density at radius 2 is 1.12 bits per heavy atom. The summed E-state index contributed by atoms with van der Waals surface area (Å²) in [4.78, 5) is 2.46. The molecule has 0 spiro atoms. The molecule has 0 radical (unpaired) electrons. The van der Waals surface area contributed by atoms with Crippen LogP contribution in [0.25, 0.3) is 55.3 Å². The normalized spacial score (nSPS) is 20.5. The predicted molar refractivity (Wildman–Crippen MR) is 252 cm³/mol. The number of hydrogen-bond acceptors (Lipinski definition) is 1. The van der Waals surface area contributed by atoms with Crippen LogP contribution < -0.4 is 4.90 Å². The Morgan fingerprint density at radius 1 is 0.483 bits per heavy atom. The van der Waals surface area contributed by atoms with Crippen LogP contribution in [0, 0.1) is 11.8 Å². The molecular formula is C59H49N. The van der Waals surface area contributed by atoms with Crippen molar-refractivity contribution in [3.63, 3.8) is 0 Å². The molecule has 5 aliphatic carbocycles. The molecule has 8 aromatic carbocycles. The number of rotatable bonds is 7. The summed E-state index contributed by atoms with van der Waals surface area (Å²) < 4.78 is 0. The zero-order valence-electron chi connectivity index (χ0n) is 34.5. The van der Waals surface area contributed by atoms with E-state index < -0.39 is 0 Å². The van der Waals surface area contributed by atoms with Crippen LogP contribution in [0.15, 0.2) is 194 Å². The van der Waals surface area contributed by atoms with E-state index in [0.29, 0.717) is 5.41 Å². The van der Waals surface area contributed by atoms with Gasteiger partial charge in [-0.25, -0.2) is 0 Å². The Labute approximate surface area is 354 Å². The highest BCUT2D eigenvalue weighted by Crippen LogP contribution is 2.58. The maximum absolute atomic E-state index is 2.62. The summed E-state index contributed by atoms with van der Waals surface area (Å²) in [5.74, 6) is 1.68. The van der Waals surface area contributed by atoms with Crippen LogP contribution in [0.5, 0.6) is 0 Å². The van der Waals surface area contributed by atoms with Crippen molar-refractivity contribution in [1.82, 2.24) is 0 Å². The third kappa shape index (κ3) is 5.66. The SMILES string of the molecule is CC1(C)c2ccccc2-c2ccc(N(c3ccc(-c4ccc(C56CC7=CC(CC(C7)C5)C6)cc4)cc3)c3cccc(-c4cccc5cccc(-c6ccccc6)c45)c3)cc21. The quantitative estimate of drug-likeness (QED) is 0.146. The molecule has 4 bridgehead atoms. The third-order valence-corrected chi connectivity index (χ3v) is 14.7. The number of nitrogens with zero attached hydrogens (tertiary/aromatic N) is 1. The molecule has 2 fully saturated rings. The number of allylic oxidation sites excluding steroid dienone is 2. The van der Waals surface area contributed by atoms with Gasteiger partial charge >= 0.3 is 0 Å². The van der Waals surface area contributed by atoms with Crippen molar-refractivity contribution in [1.29, 1.82) is 0 Å². The Morgan fingerprint density at radius 3 is 1.88 bits per heavy atom. The molecule has 1 heteroatoms. The largest absolute Gasteiger partial charge is 0.310 e. The molecule has 60 heavy (non-hydrogen) atoms. The van der Waals surface area contributed by atoms with E-state index in [1.54, 1.807) is 11.1 Å². The number of hydrogen-bond donors (Lipinski definition) is 0. The molecule has 3 atom stereocenters. The van der Waals surface area contributed by atoms with Gasteiger partial charge in [0.1, 0.15) is 0 Å². The lowest BCUT2D eigenvalue weighted by Crippen LogP contribution is -2.43. The van der Waals surface area contributed by atoms with E-state index in [4.69, 9.17) is 0 Å². The van der Waals surface area contributed by atoms with E-state index >= 15 is 0 Å². The molecule has 0 amide bonds. The Kier molecular flexibility index (Phi) is 8.02. The maximum Gasteiger partial charge on any atom is 0.0467 e. The zero-order valence-corrected chi connectivity index (χ0v) is 34.5. The lowest BCUT2D eigenvalue weighted by atomic mass is 9.52. The van der Waals surface area contributed by atoms with Gasteiger partial charge in [0.2, 0.25) is 0 Å². The second-order valence-electron chi connectivity index (χ2n) is 18.7. The van der Waals surface area contributed by atoms with E-state index in [9.17, 15) is 0 Å². The van der Waals surface area contributed by atoms with E-state index in [1.165, 1.54) is 98.5 Å². The molecule has 2 saturated carbocycles. The van der Waals surface area contributed by atoms with Gasteiger partial charge in [-0.1, -0.05) is 171 Å². The van der Waals surface area contributed by atoms with E-state index in [0.717, 1.165) is 28.9 Å². The van der Waals surface area contributed by atoms with Gasteiger partial charge in [0, 0.05) is 22.5 Å². The van der Waals surface area contributed by atoms with E-state index in [-0.39, 0.29) is 5.41 Å². The summed E-state index contributed by atoms with van der Waals surface area (Å²) in [5.41, 5.74) is 19.9. The van der Waals surface area contributed by atoms with Crippen LogP contribution in [-0.2, 0) is 10.8 Å². The molecular weight excluding hydrogens is 723 g/mol. The molecule has 0 saturated heterocycles. The summed E-state index contributed by atoms with van der Waals surface area (Å²) in [6.07, 6.45) is 9.35. The van der Waals surface area contributed by atoms with Gasteiger partial charge in [-0.3, -0.25) is 0 Å². The molecule has 0 N–H and O–H groups in total. The van der Waals surface area contributed by atoms with Crippen molar-refractivity contribution in [3.05, 3.63) is 210 Å². The van der Waals surface area contributed by atoms with Gasteiger partial charge in [0.15, 0.2) is 0 Å². The summed E-state index contributed by atoms with van der Waals surface area (Å²) in [5, 5.41) is 2.53. The van der Waals surface area contributed by atoms with Crippen LogP contribution in [0.3, 0.4) is 0 Å². The fourth-order valence-electron chi connectivity index (χ4n) is 12.2. The summed E-state index contributed by atoms with van der Waals surface area (Å²) in [6.45, 7) is 4.75. The van der Waals surface area contributed by atoms with Gasteiger partial charge in [0.25, 0.3) is 0 Å². The van der Waals surface area contributed by atoms with Gasteiger partial charge in [-0.15, -0.1) is 0 Å². The number of benzene rings is 8. The van der Waals surface area contributed by atoms with Crippen molar-refractivity contribution in [2.45, 2.75) is 56.8 Å². The van der Waals surface area contributed by atoms with Gasteiger partial charge < -0.3 is 4.90 Å². The molecule has 8 aromatic rings. The summed E-state index contributed by atoms with van der Waals surface area (Å²) >= 11 is 0. The van der Waals surface area contributed by atoms with Crippen LogP contribution >= 0.6 is 0 Å². The molecule has 3 unspecified atom stereocenters. The summed E-state index contributed by atoms with van der Waals surface area (Å²) in [7, 11) is 0.